The zero-order chi connectivity index (χ0) is 16.8. The third-order valence-electron chi connectivity index (χ3n) is 3.30. The van der Waals surface area contributed by atoms with Gasteiger partial charge in [0.15, 0.2) is 5.78 Å². The Bertz CT molecular complexity index is 862. The van der Waals surface area contributed by atoms with E-state index < -0.39 is 5.97 Å². The maximum absolute atomic E-state index is 12.4. The summed E-state index contributed by atoms with van der Waals surface area (Å²) in [5, 5.41) is 0. The van der Waals surface area contributed by atoms with Gasteiger partial charge in [0.2, 0.25) is 5.76 Å². The number of rotatable bonds is 5. The average molecular weight is 318 g/mol. The van der Waals surface area contributed by atoms with Crippen LogP contribution in [0.5, 0.6) is 5.75 Å². The summed E-state index contributed by atoms with van der Waals surface area (Å²) >= 11 is 0. The van der Waals surface area contributed by atoms with Gasteiger partial charge in [-0.2, -0.15) is 0 Å². The number of hydrogen-bond donors (Lipinski definition) is 0. The number of esters is 1. The second kappa shape index (κ2) is 7.24. The number of carbonyl (C=O) groups excluding carboxylic acids is 2. The molecular weight excluding hydrogens is 304 g/mol. The lowest BCUT2D eigenvalue weighted by molar-refractivity contribution is 0.0700. The highest BCUT2D eigenvalue weighted by atomic mass is 16.5. The topological polar surface area (TPSA) is 56.5 Å². The smallest absolute Gasteiger partial charge is 0.379 e. The molecule has 0 N–H and O–H groups in total. The molecule has 0 aliphatic carbocycles. The van der Waals surface area contributed by atoms with Crippen molar-refractivity contribution in [1.82, 2.24) is 0 Å². The first-order chi connectivity index (χ1) is 11.7. The van der Waals surface area contributed by atoms with Crippen molar-refractivity contribution in [3.05, 3.63) is 96.0 Å². The van der Waals surface area contributed by atoms with Gasteiger partial charge in [0, 0.05) is 0 Å². The van der Waals surface area contributed by atoms with E-state index >= 15 is 0 Å². The summed E-state index contributed by atoms with van der Waals surface area (Å²) < 4.78 is 10.3. The molecule has 24 heavy (non-hydrogen) atoms. The molecule has 0 atom stereocenters. The van der Waals surface area contributed by atoms with E-state index in [0.717, 1.165) is 5.56 Å². The molecule has 4 nitrogen and oxygen atoms in total. The van der Waals surface area contributed by atoms with Crippen LogP contribution in [0.15, 0.2) is 83.5 Å². The molecule has 2 aromatic carbocycles. The molecule has 0 aliphatic rings. The molecule has 0 spiro atoms. The molecule has 0 aliphatic heterocycles. The monoisotopic (exact) mass is 318 g/mol. The van der Waals surface area contributed by atoms with Crippen molar-refractivity contribution in [2.24, 2.45) is 0 Å². The molecule has 0 amide bonds. The van der Waals surface area contributed by atoms with Crippen LogP contribution in [0.4, 0.5) is 0 Å². The van der Waals surface area contributed by atoms with E-state index in [-0.39, 0.29) is 17.3 Å². The van der Waals surface area contributed by atoms with Crippen molar-refractivity contribution < 1.29 is 18.7 Å². The summed E-state index contributed by atoms with van der Waals surface area (Å²) in [6.45, 7) is 0. The number of allylic oxidation sites excluding steroid dienone is 1. The maximum atomic E-state index is 12.4. The Hall–Kier alpha value is -3.40. The summed E-state index contributed by atoms with van der Waals surface area (Å²) in [4.78, 5) is 24.4. The summed E-state index contributed by atoms with van der Waals surface area (Å²) in [6.07, 6.45) is 4.55. The van der Waals surface area contributed by atoms with E-state index in [1.807, 2.05) is 30.3 Å². The Morgan fingerprint density at radius 1 is 0.875 bits per heavy atom. The van der Waals surface area contributed by atoms with Crippen LogP contribution in [0.1, 0.15) is 26.5 Å². The van der Waals surface area contributed by atoms with Crippen molar-refractivity contribution in [2.45, 2.75) is 0 Å². The Labute approximate surface area is 139 Å². The van der Waals surface area contributed by atoms with Gasteiger partial charge in [-0.15, -0.1) is 0 Å². The minimum absolute atomic E-state index is 0.0806. The molecular formula is C20H14O4. The third kappa shape index (κ3) is 3.67. The lowest BCUT2D eigenvalue weighted by atomic mass is 10.1. The van der Waals surface area contributed by atoms with Gasteiger partial charge in [0.1, 0.15) is 5.75 Å². The van der Waals surface area contributed by atoms with E-state index in [0.29, 0.717) is 5.56 Å². The predicted molar refractivity (Wildman–Crippen MR) is 89.9 cm³/mol. The fourth-order valence-electron chi connectivity index (χ4n) is 2.13. The molecule has 0 radical (unpaired) electrons. The average Bonchev–Trinajstić information content (AvgIpc) is 3.16. The van der Waals surface area contributed by atoms with E-state index in [4.69, 9.17) is 9.15 Å². The number of ketones is 1. The third-order valence-corrected chi connectivity index (χ3v) is 3.30. The van der Waals surface area contributed by atoms with Gasteiger partial charge >= 0.3 is 5.97 Å². The van der Waals surface area contributed by atoms with Gasteiger partial charge in [-0.3, -0.25) is 4.79 Å². The number of ether oxygens (including phenoxy) is 1. The summed E-state index contributed by atoms with van der Waals surface area (Å²) in [6, 6.07) is 19.2. The predicted octanol–water partition coefficient (Wildman–Crippen LogP) is 4.39. The van der Waals surface area contributed by atoms with Crippen LogP contribution in [0.25, 0.3) is 6.08 Å². The highest BCUT2D eigenvalue weighted by molar-refractivity contribution is 6.09. The molecule has 0 saturated heterocycles. The number of hydrogen-bond acceptors (Lipinski definition) is 4. The number of carbonyl (C=O) groups is 2. The molecule has 0 saturated carbocycles. The molecule has 4 heteroatoms. The van der Waals surface area contributed by atoms with Gasteiger partial charge in [-0.25, -0.2) is 4.79 Å². The van der Waals surface area contributed by atoms with Gasteiger partial charge in [-0.05, 0) is 35.9 Å². The van der Waals surface area contributed by atoms with Crippen molar-refractivity contribution >= 4 is 17.8 Å². The van der Waals surface area contributed by atoms with Gasteiger partial charge < -0.3 is 9.15 Å². The lowest BCUT2D eigenvalue weighted by Crippen LogP contribution is -2.10. The fourth-order valence-corrected chi connectivity index (χ4v) is 2.13. The quantitative estimate of drug-likeness (QED) is 0.303. The molecule has 3 aromatic rings. The molecule has 1 heterocycles. The molecule has 118 valence electrons. The second-order valence-electron chi connectivity index (χ2n) is 4.97. The van der Waals surface area contributed by atoms with Crippen molar-refractivity contribution in [3.63, 3.8) is 0 Å². The van der Waals surface area contributed by atoms with Crippen molar-refractivity contribution in [1.29, 1.82) is 0 Å². The Morgan fingerprint density at radius 2 is 1.62 bits per heavy atom. The van der Waals surface area contributed by atoms with Crippen LogP contribution in [0.3, 0.4) is 0 Å². The zero-order valence-electron chi connectivity index (χ0n) is 12.7. The van der Waals surface area contributed by atoms with E-state index in [1.165, 1.54) is 18.4 Å². The first kappa shape index (κ1) is 15.5. The molecule has 0 fully saturated rings. The minimum Gasteiger partial charge on any atom is -0.457 e. The fraction of sp³-hybridized carbons (Fsp3) is 0. The number of furan rings is 1. The van der Waals surface area contributed by atoms with Crippen molar-refractivity contribution in [2.75, 3.05) is 0 Å². The van der Waals surface area contributed by atoms with Crippen LogP contribution < -0.4 is 4.74 Å². The van der Waals surface area contributed by atoms with Gasteiger partial charge in [0.25, 0.3) is 0 Å². The summed E-state index contributed by atoms with van der Waals surface area (Å²) in [5.74, 6) is -0.618. The highest BCUT2D eigenvalue weighted by Crippen LogP contribution is 2.21. The first-order valence-electron chi connectivity index (χ1n) is 7.36. The normalized spacial score (nSPS) is 10.7. The second-order valence-corrected chi connectivity index (χ2v) is 4.97. The molecule has 0 bridgehead atoms. The lowest BCUT2D eigenvalue weighted by Gasteiger charge is -2.06. The Kier molecular flexibility index (Phi) is 4.68. The van der Waals surface area contributed by atoms with Crippen LogP contribution in [-0.2, 0) is 0 Å². The van der Waals surface area contributed by atoms with Crippen LogP contribution in [0.2, 0.25) is 0 Å². The molecule has 3 rings (SSSR count). The van der Waals surface area contributed by atoms with E-state index in [9.17, 15) is 9.59 Å². The van der Waals surface area contributed by atoms with Crippen LogP contribution >= 0.6 is 0 Å². The number of benzene rings is 2. The first-order valence-corrected chi connectivity index (χ1v) is 7.36. The van der Waals surface area contributed by atoms with E-state index in [1.54, 1.807) is 36.4 Å². The molecule has 1 aromatic heterocycles. The zero-order valence-corrected chi connectivity index (χ0v) is 12.7. The summed E-state index contributed by atoms with van der Waals surface area (Å²) in [7, 11) is 0. The van der Waals surface area contributed by atoms with Gasteiger partial charge in [-0.1, -0.05) is 48.5 Å². The Balaban J connectivity index is 1.80. The highest BCUT2D eigenvalue weighted by Gasteiger charge is 2.16. The van der Waals surface area contributed by atoms with E-state index in [2.05, 4.69) is 0 Å². The van der Waals surface area contributed by atoms with Gasteiger partial charge in [0.05, 0.1) is 11.8 Å². The summed E-state index contributed by atoms with van der Waals surface area (Å²) in [5.41, 5.74) is 1.22. The minimum atomic E-state index is -0.646. The van der Waals surface area contributed by atoms with Crippen LogP contribution in [-0.4, -0.2) is 11.8 Å². The SMILES string of the molecule is O=C(Oc1ccccc1C(=O)/C=C/c1ccccc1)c1ccco1. The Morgan fingerprint density at radius 3 is 2.38 bits per heavy atom. The standard InChI is InChI=1S/C20H14O4/c21-17(13-12-15-7-2-1-3-8-15)16-9-4-5-10-18(16)24-20(22)19-11-6-14-23-19/h1-14H/b13-12+. The largest absolute Gasteiger partial charge is 0.457 e. The van der Waals surface area contributed by atoms with Crippen LogP contribution in [0, 0.1) is 0 Å². The maximum Gasteiger partial charge on any atom is 0.379 e. The molecule has 0 unspecified atom stereocenters. The van der Waals surface area contributed by atoms with Crippen molar-refractivity contribution in [3.8, 4) is 5.75 Å². The number of para-hydroxylation sites is 1.